The molecule has 1 unspecified atom stereocenters. The normalized spacial score (nSPS) is 12.1. The van der Waals surface area contributed by atoms with Crippen LogP contribution in [0.5, 0.6) is 0 Å². The summed E-state index contributed by atoms with van der Waals surface area (Å²) in [4.78, 5) is 34.9. The van der Waals surface area contributed by atoms with Crippen LogP contribution in [0.3, 0.4) is 0 Å². The van der Waals surface area contributed by atoms with Gasteiger partial charge in [0.15, 0.2) is 0 Å². The SMILES string of the molecule is CC(C)(C)OC(=O)C(CC(N)=O)NC(=O)OCc1ccccc1. The number of amides is 2. The lowest BCUT2D eigenvalue weighted by Gasteiger charge is -2.23. The fourth-order valence-corrected chi connectivity index (χ4v) is 1.67. The van der Waals surface area contributed by atoms with Gasteiger partial charge in [0.05, 0.1) is 6.42 Å². The summed E-state index contributed by atoms with van der Waals surface area (Å²) in [5.41, 5.74) is 5.15. The molecule has 7 nitrogen and oxygen atoms in total. The minimum Gasteiger partial charge on any atom is -0.458 e. The van der Waals surface area contributed by atoms with Crippen molar-refractivity contribution in [3.63, 3.8) is 0 Å². The van der Waals surface area contributed by atoms with Gasteiger partial charge in [0.25, 0.3) is 0 Å². The lowest BCUT2D eigenvalue weighted by molar-refractivity contribution is -0.158. The molecule has 2 amide bonds. The third-order valence-corrected chi connectivity index (χ3v) is 2.60. The second kappa shape index (κ2) is 8.17. The summed E-state index contributed by atoms with van der Waals surface area (Å²) < 4.78 is 10.2. The molecular formula is C16H22N2O5. The van der Waals surface area contributed by atoms with Crippen LogP contribution in [0, 0.1) is 0 Å². The van der Waals surface area contributed by atoms with Gasteiger partial charge in [-0.05, 0) is 26.3 Å². The number of nitrogens with one attached hydrogen (secondary N) is 1. The highest BCUT2D eigenvalue weighted by Gasteiger charge is 2.28. The first-order chi connectivity index (χ1) is 10.7. The molecule has 0 fully saturated rings. The third kappa shape index (κ3) is 7.85. The minimum atomic E-state index is -1.19. The molecule has 1 aromatic carbocycles. The Balaban J connectivity index is 2.60. The molecule has 0 radical (unpaired) electrons. The number of hydrogen-bond acceptors (Lipinski definition) is 5. The van der Waals surface area contributed by atoms with Crippen molar-refractivity contribution in [1.82, 2.24) is 5.32 Å². The van der Waals surface area contributed by atoms with Crippen LogP contribution in [0.4, 0.5) is 4.79 Å². The van der Waals surface area contributed by atoms with Crippen LogP contribution in [0.25, 0.3) is 0 Å². The van der Waals surface area contributed by atoms with E-state index in [4.69, 9.17) is 15.2 Å². The number of ether oxygens (including phenoxy) is 2. The average molecular weight is 322 g/mol. The lowest BCUT2D eigenvalue weighted by atomic mass is 10.1. The van der Waals surface area contributed by atoms with Crippen molar-refractivity contribution in [2.45, 2.75) is 45.4 Å². The van der Waals surface area contributed by atoms with Crippen LogP contribution in [-0.4, -0.2) is 29.6 Å². The summed E-state index contributed by atoms with van der Waals surface area (Å²) >= 11 is 0. The smallest absolute Gasteiger partial charge is 0.408 e. The first-order valence-electron chi connectivity index (χ1n) is 7.16. The maximum atomic E-state index is 12.0. The van der Waals surface area contributed by atoms with E-state index in [2.05, 4.69) is 5.32 Å². The molecule has 0 bridgehead atoms. The van der Waals surface area contributed by atoms with Crippen molar-refractivity contribution in [2.24, 2.45) is 5.73 Å². The third-order valence-electron chi connectivity index (χ3n) is 2.60. The Hall–Kier alpha value is -2.57. The molecule has 0 aliphatic rings. The highest BCUT2D eigenvalue weighted by atomic mass is 16.6. The number of carbonyl (C=O) groups is 3. The first-order valence-corrected chi connectivity index (χ1v) is 7.16. The van der Waals surface area contributed by atoms with E-state index in [1.165, 1.54) is 0 Å². The van der Waals surface area contributed by atoms with Crippen LogP contribution in [0.2, 0.25) is 0 Å². The number of carbonyl (C=O) groups excluding carboxylic acids is 3. The number of nitrogens with two attached hydrogens (primary N) is 1. The molecule has 7 heteroatoms. The van der Waals surface area contributed by atoms with Gasteiger partial charge < -0.3 is 20.5 Å². The van der Waals surface area contributed by atoms with Gasteiger partial charge in [-0.15, -0.1) is 0 Å². The Labute approximate surface area is 135 Å². The van der Waals surface area contributed by atoms with E-state index in [0.29, 0.717) is 0 Å². The molecule has 126 valence electrons. The fourth-order valence-electron chi connectivity index (χ4n) is 1.67. The highest BCUT2D eigenvalue weighted by Crippen LogP contribution is 2.10. The zero-order valence-corrected chi connectivity index (χ0v) is 13.5. The fraction of sp³-hybridized carbons (Fsp3) is 0.438. The Morgan fingerprint density at radius 1 is 1.17 bits per heavy atom. The van der Waals surface area contributed by atoms with Gasteiger partial charge in [-0.2, -0.15) is 0 Å². The number of hydrogen-bond donors (Lipinski definition) is 2. The summed E-state index contributed by atoms with van der Waals surface area (Å²) in [7, 11) is 0. The van der Waals surface area contributed by atoms with Crippen LogP contribution in [-0.2, 0) is 25.7 Å². The molecule has 0 aliphatic carbocycles. The molecule has 0 heterocycles. The molecule has 1 aromatic rings. The summed E-state index contributed by atoms with van der Waals surface area (Å²) in [6.07, 6.45) is -1.19. The predicted octanol–water partition coefficient (Wildman–Crippen LogP) is 1.50. The van der Waals surface area contributed by atoms with Gasteiger partial charge in [0.2, 0.25) is 5.91 Å². The summed E-state index contributed by atoms with van der Waals surface area (Å²) in [6, 6.07) is 7.87. The van der Waals surface area contributed by atoms with Gasteiger partial charge >= 0.3 is 12.1 Å². The van der Waals surface area contributed by atoms with Crippen molar-refractivity contribution >= 4 is 18.0 Å². The summed E-state index contributed by atoms with van der Waals surface area (Å²) in [6.45, 7) is 5.09. The number of benzene rings is 1. The zero-order chi connectivity index (χ0) is 17.5. The summed E-state index contributed by atoms with van der Waals surface area (Å²) in [5, 5.41) is 2.30. The van der Waals surface area contributed by atoms with E-state index in [0.717, 1.165) is 5.56 Å². The molecule has 1 atom stereocenters. The molecule has 0 aromatic heterocycles. The van der Waals surface area contributed by atoms with Gasteiger partial charge in [0.1, 0.15) is 18.2 Å². The minimum absolute atomic E-state index is 0.0459. The van der Waals surface area contributed by atoms with Gasteiger partial charge in [-0.25, -0.2) is 9.59 Å². The van der Waals surface area contributed by atoms with Crippen molar-refractivity contribution in [3.8, 4) is 0 Å². The average Bonchev–Trinajstić information content (AvgIpc) is 2.43. The molecule has 1 rings (SSSR count). The molecule has 23 heavy (non-hydrogen) atoms. The number of alkyl carbamates (subject to hydrolysis) is 1. The first kappa shape index (κ1) is 18.5. The largest absolute Gasteiger partial charge is 0.458 e. The topological polar surface area (TPSA) is 108 Å². The van der Waals surface area contributed by atoms with Gasteiger partial charge in [0, 0.05) is 0 Å². The van der Waals surface area contributed by atoms with Crippen LogP contribution in [0.15, 0.2) is 30.3 Å². The number of esters is 1. The standard InChI is InChI=1S/C16H22N2O5/c1-16(2,3)23-14(20)12(9-13(17)19)18-15(21)22-10-11-7-5-4-6-8-11/h4-8,12H,9-10H2,1-3H3,(H2,17,19)(H,18,21). The van der Waals surface area contributed by atoms with E-state index in [1.807, 2.05) is 18.2 Å². The molecular weight excluding hydrogens is 300 g/mol. The van der Waals surface area contributed by atoms with E-state index in [9.17, 15) is 14.4 Å². The van der Waals surface area contributed by atoms with E-state index >= 15 is 0 Å². The van der Waals surface area contributed by atoms with Crippen molar-refractivity contribution < 1.29 is 23.9 Å². The predicted molar refractivity (Wildman–Crippen MR) is 83.2 cm³/mol. The molecule has 3 N–H and O–H groups in total. The van der Waals surface area contributed by atoms with E-state index in [1.54, 1.807) is 32.9 Å². The van der Waals surface area contributed by atoms with E-state index < -0.39 is 29.6 Å². The monoisotopic (exact) mass is 322 g/mol. The number of primary amides is 1. The lowest BCUT2D eigenvalue weighted by Crippen LogP contribution is -2.46. The quantitative estimate of drug-likeness (QED) is 0.772. The molecule has 0 spiro atoms. The summed E-state index contributed by atoms with van der Waals surface area (Å²) in [5.74, 6) is -1.47. The van der Waals surface area contributed by atoms with Gasteiger partial charge in [-0.1, -0.05) is 30.3 Å². The number of rotatable bonds is 6. The Bertz CT molecular complexity index is 551. The Kier molecular flexibility index (Phi) is 6.56. The molecule has 0 saturated carbocycles. The second-order valence-corrected chi connectivity index (χ2v) is 5.96. The van der Waals surface area contributed by atoms with Gasteiger partial charge in [-0.3, -0.25) is 4.79 Å². The highest BCUT2D eigenvalue weighted by molar-refractivity contribution is 5.87. The van der Waals surface area contributed by atoms with Crippen molar-refractivity contribution in [1.29, 1.82) is 0 Å². The Morgan fingerprint density at radius 3 is 2.30 bits per heavy atom. The van der Waals surface area contributed by atoms with Crippen molar-refractivity contribution in [3.05, 3.63) is 35.9 Å². The van der Waals surface area contributed by atoms with Crippen LogP contribution < -0.4 is 11.1 Å². The molecule has 0 saturated heterocycles. The van der Waals surface area contributed by atoms with Crippen LogP contribution in [0.1, 0.15) is 32.8 Å². The Morgan fingerprint density at radius 2 is 1.78 bits per heavy atom. The second-order valence-electron chi connectivity index (χ2n) is 5.96. The van der Waals surface area contributed by atoms with Crippen LogP contribution >= 0.6 is 0 Å². The molecule has 0 aliphatic heterocycles. The maximum absolute atomic E-state index is 12.0. The zero-order valence-electron chi connectivity index (χ0n) is 13.5. The maximum Gasteiger partial charge on any atom is 0.408 e. The van der Waals surface area contributed by atoms with E-state index in [-0.39, 0.29) is 13.0 Å². The van der Waals surface area contributed by atoms with Crippen molar-refractivity contribution in [2.75, 3.05) is 0 Å².